The van der Waals surface area contributed by atoms with Crippen molar-refractivity contribution in [3.8, 4) is 0 Å². The van der Waals surface area contributed by atoms with Crippen molar-refractivity contribution in [3.05, 3.63) is 11.9 Å². The molecule has 3 N–H and O–H groups in total. The Morgan fingerprint density at radius 3 is 3.00 bits per heavy atom. The summed E-state index contributed by atoms with van der Waals surface area (Å²) in [6.07, 6.45) is 6.98. The van der Waals surface area contributed by atoms with Crippen LogP contribution < -0.4 is 5.73 Å². The van der Waals surface area contributed by atoms with Crippen molar-refractivity contribution in [2.75, 3.05) is 5.73 Å². The number of esters is 1. The quantitative estimate of drug-likeness (QED) is 0.789. The molecule has 1 aliphatic carbocycles. The van der Waals surface area contributed by atoms with Gasteiger partial charge in [0.05, 0.1) is 11.9 Å². The standard InChI is InChI=1S/C12H19N3O2/c1-2-8-5-3-4-6-10(8)17-12(16)11-9(13)7-14-15-11/h7-8,10H,2-6,13H2,1H3,(H,14,15). The lowest BCUT2D eigenvalue weighted by molar-refractivity contribution is 0.000226. The topological polar surface area (TPSA) is 81.0 Å². The molecule has 0 amide bonds. The number of nitrogens with zero attached hydrogens (tertiary/aromatic N) is 1. The van der Waals surface area contributed by atoms with E-state index in [1.807, 2.05) is 0 Å². The number of rotatable bonds is 3. The first-order chi connectivity index (χ1) is 8.22. The molecule has 1 aromatic heterocycles. The molecule has 1 heterocycles. The number of hydrogen-bond acceptors (Lipinski definition) is 4. The molecule has 0 radical (unpaired) electrons. The largest absolute Gasteiger partial charge is 0.457 e. The SMILES string of the molecule is CCC1CCCCC1OC(=O)c1[nH]ncc1N. The molecule has 0 aliphatic heterocycles. The molecule has 0 spiro atoms. The second kappa shape index (κ2) is 5.21. The van der Waals surface area contributed by atoms with E-state index >= 15 is 0 Å². The van der Waals surface area contributed by atoms with E-state index in [0.29, 0.717) is 11.6 Å². The molecule has 2 atom stereocenters. The van der Waals surface area contributed by atoms with Crippen molar-refractivity contribution in [1.29, 1.82) is 0 Å². The first-order valence-corrected chi connectivity index (χ1v) is 6.22. The van der Waals surface area contributed by atoms with Crippen LogP contribution in [-0.2, 0) is 4.74 Å². The van der Waals surface area contributed by atoms with Crippen molar-refractivity contribution < 1.29 is 9.53 Å². The van der Waals surface area contributed by atoms with Crippen LogP contribution in [0.15, 0.2) is 6.20 Å². The fraction of sp³-hybridized carbons (Fsp3) is 0.667. The Bertz CT molecular complexity index is 389. The lowest BCUT2D eigenvalue weighted by atomic mass is 9.85. The van der Waals surface area contributed by atoms with Gasteiger partial charge in [-0.3, -0.25) is 5.10 Å². The Balaban J connectivity index is 2.00. The molecule has 94 valence electrons. The number of ether oxygens (including phenoxy) is 1. The van der Waals surface area contributed by atoms with Crippen molar-refractivity contribution in [1.82, 2.24) is 10.2 Å². The smallest absolute Gasteiger partial charge is 0.358 e. The zero-order valence-corrected chi connectivity index (χ0v) is 10.1. The number of carbonyl (C=O) groups is 1. The third kappa shape index (κ3) is 2.60. The number of aromatic amines is 1. The van der Waals surface area contributed by atoms with Crippen LogP contribution in [-0.4, -0.2) is 22.3 Å². The lowest BCUT2D eigenvalue weighted by Gasteiger charge is -2.30. The van der Waals surface area contributed by atoms with Crippen molar-refractivity contribution in [2.24, 2.45) is 5.92 Å². The number of nitrogen functional groups attached to an aromatic ring is 1. The van der Waals surface area contributed by atoms with Gasteiger partial charge in [0.2, 0.25) is 0 Å². The Kier molecular flexibility index (Phi) is 3.66. The highest BCUT2D eigenvalue weighted by atomic mass is 16.5. The van der Waals surface area contributed by atoms with E-state index in [9.17, 15) is 4.79 Å². The number of nitrogens with two attached hydrogens (primary N) is 1. The minimum absolute atomic E-state index is 0.0314. The van der Waals surface area contributed by atoms with Crippen LogP contribution >= 0.6 is 0 Å². The van der Waals surface area contributed by atoms with E-state index in [1.54, 1.807) is 0 Å². The lowest BCUT2D eigenvalue weighted by Crippen LogP contribution is -2.30. The van der Waals surface area contributed by atoms with Crippen LogP contribution in [0.25, 0.3) is 0 Å². The predicted molar refractivity (Wildman–Crippen MR) is 64.5 cm³/mol. The molecule has 0 aromatic carbocycles. The van der Waals surface area contributed by atoms with Crippen molar-refractivity contribution in [3.63, 3.8) is 0 Å². The normalized spacial score (nSPS) is 24.5. The number of anilines is 1. The fourth-order valence-electron chi connectivity index (χ4n) is 2.45. The maximum Gasteiger partial charge on any atom is 0.358 e. The van der Waals surface area contributed by atoms with Gasteiger partial charge >= 0.3 is 5.97 Å². The van der Waals surface area contributed by atoms with Gasteiger partial charge in [0.25, 0.3) is 0 Å². The number of nitrogens with one attached hydrogen (secondary N) is 1. The Morgan fingerprint density at radius 1 is 1.59 bits per heavy atom. The summed E-state index contributed by atoms with van der Waals surface area (Å²) in [4.78, 5) is 11.9. The summed E-state index contributed by atoms with van der Waals surface area (Å²) in [6.45, 7) is 2.14. The molecular weight excluding hydrogens is 218 g/mol. The summed E-state index contributed by atoms with van der Waals surface area (Å²) in [7, 11) is 0. The second-order valence-corrected chi connectivity index (χ2v) is 4.60. The van der Waals surface area contributed by atoms with Gasteiger partial charge in [0.15, 0.2) is 5.69 Å². The van der Waals surface area contributed by atoms with Gasteiger partial charge in [-0.05, 0) is 31.6 Å². The number of hydrogen-bond donors (Lipinski definition) is 2. The van der Waals surface area contributed by atoms with E-state index in [4.69, 9.17) is 10.5 Å². The van der Waals surface area contributed by atoms with Gasteiger partial charge in [0, 0.05) is 0 Å². The van der Waals surface area contributed by atoms with Gasteiger partial charge in [-0.25, -0.2) is 4.79 Å². The molecule has 1 aromatic rings. The van der Waals surface area contributed by atoms with Gasteiger partial charge in [-0.15, -0.1) is 0 Å². The van der Waals surface area contributed by atoms with Gasteiger partial charge in [0.1, 0.15) is 6.10 Å². The highest BCUT2D eigenvalue weighted by Crippen LogP contribution is 2.29. The predicted octanol–water partition coefficient (Wildman–Crippen LogP) is 2.12. The van der Waals surface area contributed by atoms with Crippen LogP contribution in [0.3, 0.4) is 0 Å². The molecule has 17 heavy (non-hydrogen) atoms. The van der Waals surface area contributed by atoms with E-state index in [2.05, 4.69) is 17.1 Å². The van der Waals surface area contributed by atoms with Crippen LogP contribution in [0.2, 0.25) is 0 Å². The van der Waals surface area contributed by atoms with Gasteiger partial charge in [-0.2, -0.15) is 5.10 Å². The third-order valence-corrected chi connectivity index (χ3v) is 3.49. The first-order valence-electron chi connectivity index (χ1n) is 6.22. The molecule has 1 fully saturated rings. The zero-order chi connectivity index (χ0) is 12.3. The van der Waals surface area contributed by atoms with Crippen molar-refractivity contribution >= 4 is 11.7 Å². The van der Waals surface area contributed by atoms with E-state index in [1.165, 1.54) is 12.6 Å². The molecule has 2 rings (SSSR count). The minimum atomic E-state index is -0.384. The summed E-state index contributed by atoms with van der Waals surface area (Å²) >= 11 is 0. The Hall–Kier alpha value is -1.52. The van der Waals surface area contributed by atoms with Crippen LogP contribution in [0, 0.1) is 5.92 Å². The average molecular weight is 237 g/mol. The number of carbonyl (C=O) groups excluding carboxylic acids is 1. The minimum Gasteiger partial charge on any atom is -0.457 e. The number of H-pyrrole nitrogens is 1. The molecule has 5 heteroatoms. The second-order valence-electron chi connectivity index (χ2n) is 4.60. The number of aromatic nitrogens is 2. The van der Waals surface area contributed by atoms with Crippen LogP contribution in [0.4, 0.5) is 5.69 Å². The first kappa shape index (κ1) is 12.0. The average Bonchev–Trinajstić information content (AvgIpc) is 2.76. The zero-order valence-electron chi connectivity index (χ0n) is 10.1. The molecule has 0 bridgehead atoms. The molecule has 1 aliphatic rings. The van der Waals surface area contributed by atoms with Gasteiger partial charge in [-0.1, -0.05) is 13.3 Å². The summed E-state index contributed by atoms with van der Waals surface area (Å²) in [5, 5.41) is 6.30. The summed E-state index contributed by atoms with van der Waals surface area (Å²) in [5.41, 5.74) is 6.23. The van der Waals surface area contributed by atoms with Crippen LogP contribution in [0.5, 0.6) is 0 Å². The molecule has 1 saturated carbocycles. The van der Waals surface area contributed by atoms with Crippen molar-refractivity contribution in [2.45, 2.75) is 45.1 Å². The Labute approximate surface area is 101 Å². The van der Waals surface area contributed by atoms with E-state index in [-0.39, 0.29) is 17.8 Å². The van der Waals surface area contributed by atoms with Crippen LogP contribution in [0.1, 0.15) is 49.5 Å². The fourth-order valence-corrected chi connectivity index (χ4v) is 2.45. The molecule has 0 saturated heterocycles. The maximum atomic E-state index is 11.9. The molecule has 5 nitrogen and oxygen atoms in total. The summed E-state index contributed by atoms with van der Waals surface area (Å²) < 4.78 is 5.53. The van der Waals surface area contributed by atoms with Gasteiger partial charge < -0.3 is 10.5 Å². The third-order valence-electron chi connectivity index (χ3n) is 3.49. The molecular formula is C12H19N3O2. The summed E-state index contributed by atoms with van der Waals surface area (Å²) in [5.74, 6) is 0.0993. The summed E-state index contributed by atoms with van der Waals surface area (Å²) in [6, 6.07) is 0. The monoisotopic (exact) mass is 237 g/mol. The Morgan fingerprint density at radius 2 is 2.35 bits per heavy atom. The molecule has 2 unspecified atom stereocenters. The van der Waals surface area contributed by atoms with E-state index in [0.717, 1.165) is 25.7 Å². The highest BCUT2D eigenvalue weighted by molar-refractivity contribution is 5.92. The van der Waals surface area contributed by atoms with E-state index < -0.39 is 0 Å². The maximum absolute atomic E-state index is 11.9. The highest BCUT2D eigenvalue weighted by Gasteiger charge is 2.28.